The number of hydrogen-bond acceptors (Lipinski definition) is 3. The molecule has 0 saturated heterocycles. The van der Waals surface area contributed by atoms with Gasteiger partial charge in [-0.05, 0) is 19.8 Å². The van der Waals surface area contributed by atoms with Gasteiger partial charge in [0.25, 0.3) is 0 Å². The molecule has 0 N–H and O–H groups in total. The summed E-state index contributed by atoms with van der Waals surface area (Å²) < 4.78 is 7.01. The van der Waals surface area contributed by atoms with Gasteiger partial charge >= 0.3 is 5.97 Å². The molecule has 0 atom stereocenters. The van der Waals surface area contributed by atoms with Crippen molar-refractivity contribution in [2.75, 3.05) is 6.61 Å². The van der Waals surface area contributed by atoms with E-state index < -0.39 is 0 Å². The number of nitrogens with zero attached hydrogens (tertiary/aromatic N) is 2. The molecule has 0 bridgehead atoms. The highest BCUT2D eigenvalue weighted by Gasteiger charge is 2.18. The van der Waals surface area contributed by atoms with Crippen LogP contribution >= 0.6 is 0 Å². The highest BCUT2D eigenvalue weighted by molar-refractivity contribution is 5.72. The SMILES string of the molecule is CCOC(=O)Cc1ncn2c1CCC2. The van der Waals surface area contributed by atoms with E-state index in [4.69, 9.17) is 4.74 Å². The zero-order chi connectivity index (χ0) is 9.97. The van der Waals surface area contributed by atoms with Gasteiger partial charge in [0.15, 0.2) is 0 Å². The van der Waals surface area contributed by atoms with Crippen LogP contribution in [0.25, 0.3) is 0 Å². The summed E-state index contributed by atoms with van der Waals surface area (Å²) in [6, 6.07) is 0. The Morgan fingerprint density at radius 2 is 2.57 bits per heavy atom. The Morgan fingerprint density at radius 3 is 3.36 bits per heavy atom. The number of aryl methyl sites for hydroxylation is 1. The van der Waals surface area contributed by atoms with E-state index in [0.29, 0.717) is 13.0 Å². The summed E-state index contributed by atoms with van der Waals surface area (Å²) in [5, 5.41) is 0. The van der Waals surface area contributed by atoms with Gasteiger partial charge in [-0.25, -0.2) is 4.98 Å². The van der Waals surface area contributed by atoms with Crippen LogP contribution in [0.5, 0.6) is 0 Å². The van der Waals surface area contributed by atoms with E-state index in [-0.39, 0.29) is 5.97 Å². The van der Waals surface area contributed by atoms with Gasteiger partial charge in [-0.15, -0.1) is 0 Å². The Hall–Kier alpha value is -1.32. The Bertz CT molecular complexity index is 344. The molecular formula is C10H14N2O2. The summed E-state index contributed by atoms with van der Waals surface area (Å²) >= 11 is 0. The number of ether oxygens (including phenoxy) is 1. The van der Waals surface area contributed by atoms with E-state index in [1.165, 1.54) is 5.69 Å². The summed E-state index contributed by atoms with van der Waals surface area (Å²) in [5.74, 6) is -0.180. The van der Waals surface area contributed by atoms with E-state index >= 15 is 0 Å². The van der Waals surface area contributed by atoms with Crippen LogP contribution in [-0.4, -0.2) is 22.1 Å². The molecule has 2 rings (SSSR count). The van der Waals surface area contributed by atoms with Crippen LogP contribution in [0.4, 0.5) is 0 Å². The van der Waals surface area contributed by atoms with E-state index in [1.807, 2.05) is 13.3 Å². The van der Waals surface area contributed by atoms with Gasteiger partial charge in [0.05, 0.1) is 25.0 Å². The summed E-state index contributed by atoms with van der Waals surface area (Å²) in [5.41, 5.74) is 2.10. The fourth-order valence-corrected chi connectivity index (χ4v) is 1.84. The Kier molecular flexibility index (Phi) is 2.52. The van der Waals surface area contributed by atoms with Crippen molar-refractivity contribution in [3.05, 3.63) is 17.7 Å². The standard InChI is InChI=1S/C10H14N2O2/c1-2-14-10(13)6-8-9-4-3-5-12(9)7-11-8/h7H,2-6H2,1H3. The Morgan fingerprint density at radius 1 is 1.71 bits per heavy atom. The first-order valence-corrected chi connectivity index (χ1v) is 4.99. The van der Waals surface area contributed by atoms with Gasteiger partial charge in [-0.1, -0.05) is 0 Å². The second-order valence-electron chi connectivity index (χ2n) is 3.42. The maximum absolute atomic E-state index is 11.2. The molecule has 1 aliphatic rings. The maximum atomic E-state index is 11.2. The lowest BCUT2D eigenvalue weighted by Gasteiger charge is -2.00. The molecule has 4 heteroatoms. The lowest BCUT2D eigenvalue weighted by Crippen LogP contribution is -2.09. The van der Waals surface area contributed by atoms with E-state index in [9.17, 15) is 4.79 Å². The van der Waals surface area contributed by atoms with Crippen molar-refractivity contribution in [1.29, 1.82) is 0 Å². The minimum absolute atomic E-state index is 0.180. The highest BCUT2D eigenvalue weighted by Crippen LogP contribution is 2.18. The minimum Gasteiger partial charge on any atom is -0.466 e. The van der Waals surface area contributed by atoms with Crippen LogP contribution in [0.15, 0.2) is 6.33 Å². The second kappa shape index (κ2) is 3.82. The molecule has 0 fully saturated rings. The van der Waals surface area contributed by atoms with Crippen LogP contribution in [0.3, 0.4) is 0 Å². The third kappa shape index (κ3) is 1.64. The molecule has 1 aromatic heterocycles. The second-order valence-corrected chi connectivity index (χ2v) is 3.42. The largest absolute Gasteiger partial charge is 0.466 e. The molecule has 14 heavy (non-hydrogen) atoms. The number of carbonyl (C=O) groups excluding carboxylic acids is 1. The van der Waals surface area contributed by atoms with Gasteiger partial charge in [0, 0.05) is 12.2 Å². The van der Waals surface area contributed by atoms with Crippen LogP contribution in [-0.2, 0) is 28.9 Å². The monoisotopic (exact) mass is 194 g/mol. The molecule has 0 aromatic carbocycles. The predicted molar refractivity (Wildman–Crippen MR) is 50.9 cm³/mol. The van der Waals surface area contributed by atoms with Crippen molar-refractivity contribution >= 4 is 5.97 Å². The summed E-state index contributed by atoms with van der Waals surface area (Å²) in [6.45, 7) is 3.29. The zero-order valence-corrected chi connectivity index (χ0v) is 8.32. The van der Waals surface area contributed by atoms with Crippen LogP contribution < -0.4 is 0 Å². The molecule has 4 nitrogen and oxygen atoms in total. The number of fused-ring (bicyclic) bond motifs is 1. The number of esters is 1. The number of hydrogen-bond donors (Lipinski definition) is 0. The topological polar surface area (TPSA) is 44.1 Å². The molecule has 1 aromatic rings. The molecule has 2 heterocycles. The molecule has 0 saturated carbocycles. The maximum Gasteiger partial charge on any atom is 0.311 e. The molecule has 0 radical (unpaired) electrons. The first kappa shape index (κ1) is 9.24. The zero-order valence-electron chi connectivity index (χ0n) is 8.32. The van der Waals surface area contributed by atoms with Crippen molar-refractivity contribution in [1.82, 2.24) is 9.55 Å². The van der Waals surface area contributed by atoms with Gasteiger partial charge in [-0.2, -0.15) is 0 Å². The van der Waals surface area contributed by atoms with Crippen molar-refractivity contribution in [3.63, 3.8) is 0 Å². The van der Waals surface area contributed by atoms with Gasteiger partial charge in [0.2, 0.25) is 0 Å². The summed E-state index contributed by atoms with van der Waals surface area (Å²) in [6.07, 6.45) is 4.33. The van der Waals surface area contributed by atoms with Gasteiger partial charge < -0.3 is 9.30 Å². The Balaban J connectivity index is 2.06. The number of aromatic nitrogens is 2. The van der Waals surface area contributed by atoms with Crippen molar-refractivity contribution in [2.45, 2.75) is 32.7 Å². The lowest BCUT2D eigenvalue weighted by atomic mass is 10.2. The minimum atomic E-state index is -0.180. The fraction of sp³-hybridized carbons (Fsp3) is 0.600. The third-order valence-electron chi connectivity index (χ3n) is 2.46. The Labute approximate surface area is 82.9 Å². The molecule has 0 spiro atoms. The third-order valence-corrected chi connectivity index (χ3v) is 2.46. The fourth-order valence-electron chi connectivity index (χ4n) is 1.84. The first-order chi connectivity index (χ1) is 6.81. The molecular weight excluding hydrogens is 180 g/mol. The molecule has 0 aliphatic carbocycles. The summed E-state index contributed by atoms with van der Waals surface area (Å²) in [7, 11) is 0. The highest BCUT2D eigenvalue weighted by atomic mass is 16.5. The predicted octanol–water partition coefficient (Wildman–Crippen LogP) is 0.935. The quantitative estimate of drug-likeness (QED) is 0.672. The van der Waals surface area contributed by atoms with Crippen molar-refractivity contribution in [2.24, 2.45) is 0 Å². The molecule has 0 unspecified atom stereocenters. The average molecular weight is 194 g/mol. The van der Waals surface area contributed by atoms with Crippen LogP contribution in [0, 0.1) is 0 Å². The van der Waals surface area contributed by atoms with Crippen LogP contribution in [0.1, 0.15) is 24.7 Å². The smallest absolute Gasteiger partial charge is 0.311 e. The molecule has 1 aliphatic heterocycles. The average Bonchev–Trinajstić information content (AvgIpc) is 2.70. The number of rotatable bonds is 3. The van der Waals surface area contributed by atoms with Gasteiger partial charge in [0.1, 0.15) is 0 Å². The van der Waals surface area contributed by atoms with Crippen molar-refractivity contribution < 1.29 is 9.53 Å². The molecule has 76 valence electrons. The van der Waals surface area contributed by atoms with E-state index in [1.54, 1.807) is 0 Å². The number of imidazole rings is 1. The first-order valence-electron chi connectivity index (χ1n) is 4.99. The lowest BCUT2D eigenvalue weighted by molar-refractivity contribution is -0.142. The van der Waals surface area contributed by atoms with Gasteiger partial charge in [-0.3, -0.25) is 4.79 Å². The van der Waals surface area contributed by atoms with E-state index in [2.05, 4.69) is 9.55 Å². The van der Waals surface area contributed by atoms with E-state index in [0.717, 1.165) is 25.1 Å². The number of carbonyl (C=O) groups is 1. The normalized spacial score (nSPS) is 14.1. The summed E-state index contributed by atoms with van der Waals surface area (Å²) in [4.78, 5) is 15.5. The van der Waals surface area contributed by atoms with Crippen LogP contribution in [0.2, 0.25) is 0 Å². The van der Waals surface area contributed by atoms with Crippen molar-refractivity contribution in [3.8, 4) is 0 Å². The molecule has 0 amide bonds.